The lowest BCUT2D eigenvalue weighted by atomic mass is 10.2. The van der Waals surface area contributed by atoms with Crippen LogP contribution >= 0.6 is 11.6 Å². The number of sulfonamides is 1. The van der Waals surface area contributed by atoms with Crippen LogP contribution in [-0.4, -0.2) is 20.9 Å². The van der Waals surface area contributed by atoms with Gasteiger partial charge >= 0.3 is 0 Å². The number of primary sulfonamides is 1. The minimum absolute atomic E-state index is 0.0265. The van der Waals surface area contributed by atoms with Crippen LogP contribution in [0.4, 0.5) is 0 Å². The lowest BCUT2D eigenvalue weighted by Crippen LogP contribution is -2.28. The second kappa shape index (κ2) is 7.45. The first-order valence-electron chi connectivity index (χ1n) is 6.61. The van der Waals surface area contributed by atoms with Gasteiger partial charge in [-0.05, 0) is 42.0 Å². The van der Waals surface area contributed by atoms with E-state index in [2.05, 4.69) is 5.32 Å². The first kappa shape index (κ1) is 17.3. The molecule has 8 heteroatoms. The summed E-state index contributed by atoms with van der Waals surface area (Å²) >= 11 is 5.75. The SMILES string of the molecule is NS(=O)(=O)c1ccc(CNC(=O)COc2ccc(Cl)cc2)cc1. The maximum absolute atomic E-state index is 11.7. The summed E-state index contributed by atoms with van der Waals surface area (Å²) in [5, 5.41) is 8.27. The Kier molecular flexibility index (Phi) is 5.59. The van der Waals surface area contributed by atoms with Crippen molar-refractivity contribution in [2.45, 2.75) is 11.4 Å². The molecule has 2 rings (SSSR count). The molecule has 0 atom stereocenters. The monoisotopic (exact) mass is 354 g/mol. The highest BCUT2D eigenvalue weighted by atomic mass is 35.5. The van der Waals surface area contributed by atoms with E-state index in [9.17, 15) is 13.2 Å². The number of amides is 1. The molecule has 0 bridgehead atoms. The van der Waals surface area contributed by atoms with E-state index in [1.807, 2.05) is 0 Å². The molecule has 1 amide bonds. The number of carbonyl (C=O) groups is 1. The molecule has 0 saturated carbocycles. The van der Waals surface area contributed by atoms with Gasteiger partial charge in [0.25, 0.3) is 5.91 Å². The summed E-state index contributed by atoms with van der Waals surface area (Å²) in [7, 11) is -3.71. The van der Waals surface area contributed by atoms with Crippen molar-refractivity contribution in [3.8, 4) is 5.75 Å². The van der Waals surface area contributed by atoms with E-state index < -0.39 is 10.0 Å². The molecule has 0 fully saturated rings. The van der Waals surface area contributed by atoms with Crippen LogP contribution in [0.2, 0.25) is 5.02 Å². The standard InChI is InChI=1S/C15H15ClN2O4S/c16-12-3-5-13(6-4-12)22-10-15(19)18-9-11-1-7-14(8-2-11)23(17,20)21/h1-8H,9-10H2,(H,18,19)(H2,17,20,21). The zero-order valence-corrected chi connectivity index (χ0v) is 13.6. The predicted molar refractivity (Wildman–Crippen MR) is 86.6 cm³/mol. The number of rotatable bonds is 6. The number of nitrogens with two attached hydrogens (primary N) is 1. The van der Waals surface area contributed by atoms with Crippen LogP contribution in [-0.2, 0) is 21.4 Å². The number of hydrogen-bond acceptors (Lipinski definition) is 4. The van der Waals surface area contributed by atoms with Gasteiger partial charge in [-0.25, -0.2) is 13.6 Å². The summed E-state index contributed by atoms with van der Waals surface area (Å²) < 4.78 is 27.6. The van der Waals surface area contributed by atoms with Gasteiger partial charge in [-0.2, -0.15) is 0 Å². The molecule has 0 saturated heterocycles. The molecule has 23 heavy (non-hydrogen) atoms. The van der Waals surface area contributed by atoms with Crippen molar-refractivity contribution in [3.63, 3.8) is 0 Å². The van der Waals surface area contributed by atoms with Gasteiger partial charge in [0.15, 0.2) is 6.61 Å². The Morgan fingerprint density at radius 3 is 2.26 bits per heavy atom. The number of carbonyl (C=O) groups excluding carboxylic acids is 1. The number of nitrogens with one attached hydrogen (secondary N) is 1. The van der Waals surface area contributed by atoms with E-state index in [-0.39, 0.29) is 24.0 Å². The Morgan fingerprint density at radius 2 is 1.70 bits per heavy atom. The Bertz CT molecular complexity index is 774. The molecule has 0 aliphatic carbocycles. The Labute approximate surface area is 139 Å². The Balaban J connectivity index is 1.81. The largest absolute Gasteiger partial charge is 0.484 e. The summed E-state index contributed by atoms with van der Waals surface area (Å²) in [6.07, 6.45) is 0. The first-order chi connectivity index (χ1) is 10.8. The van der Waals surface area contributed by atoms with Crippen LogP contribution in [0.3, 0.4) is 0 Å². The average Bonchev–Trinajstić information content (AvgIpc) is 2.52. The summed E-state index contributed by atoms with van der Waals surface area (Å²) in [5.41, 5.74) is 0.747. The summed E-state index contributed by atoms with van der Waals surface area (Å²) in [6.45, 7) is 0.130. The van der Waals surface area contributed by atoms with Crippen LogP contribution in [0.15, 0.2) is 53.4 Å². The minimum Gasteiger partial charge on any atom is -0.484 e. The molecule has 0 spiro atoms. The molecule has 0 aliphatic rings. The molecule has 0 heterocycles. The molecule has 0 aliphatic heterocycles. The molecule has 2 aromatic rings. The van der Waals surface area contributed by atoms with E-state index in [0.717, 1.165) is 5.56 Å². The van der Waals surface area contributed by atoms with Crippen LogP contribution in [0.1, 0.15) is 5.56 Å². The molecule has 3 N–H and O–H groups in total. The third-order valence-corrected chi connectivity index (χ3v) is 4.11. The number of halogens is 1. The molecule has 0 aromatic heterocycles. The molecular formula is C15H15ClN2O4S. The topological polar surface area (TPSA) is 98.5 Å². The van der Waals surface area contributed by atoms with Crippen molar-refractivity contribution in [3.05, 3.63) is 59.1 Å². The maximum Gasteiger partial charge on any atom is 0.258 e. The average molecular weight is 355 g/mol. The van der Waals surface area contributed by atoms with Crippen LogP contribution < -0.4 is 15.2 Å². The van der Waals surface area contributed by atoms with Crippen molar-refractivity contribution in [2.24, 2.45) is 5.14 Å². The van der Waals surface area contributed by atoms with Crippen LogP contribution in [0.5, 0.6) is 5.75 Å². The quantitative estimate of drug-likeness (QED) is 0.824. The van der Waals surface area contributed by atoms with Crippen molar-refractivity contribution in [2.75, 3.05) is 6.61 Å². The summed E-state index contributed by atoms with van der Waals surface area (Å²) in [4.78, 5) is 11.7. The van der Waals surface area contributed by atoms with Crippen molar-refractivity contribution in [1.82, 2.24) is 5.32 Å². The van der Waals surface area contributed by atoms with Gasteiger partial charge in [0, 0.05) is 11.6 Å². The number of ether oxygens (including phenoxy) is 1. The van der Waals surface area contributed by atoms with Gasteiger partial charge in [-0.15, -0.1) is 0 Å². The van der Waals surface area contributed by atoms with Crippen LogP contribution in [0.25, 0.3) is 0 Å². The van der Waals surface area contributed by atoms with E-state index in [0.29, 0.717) is 10.8 Å². The minimum atomic E-state index is -3.71. The van der Waals surface area contributed by atoms with Gasteiger partial charge in [-0.1, -0.05) is 23.7 Å². The van der Waals surface area contributed by atoms with Gasteiger partial charge in [-0.3, -0.25) is 4.79 Å². The van der Waals surface area contributed by atoms with Gasteiger partial charge < -0.3 is 10.1 Å². The van der Waals surface area contributed by atoms with Gasteiger partial charge in [0.1, 0.15) is 5.75 Å². The lowest BCUT2D eigenvalue weighted by Gasteiger charge is -2.08. The van der Waals surface area contributed by atoms with Crippen molar-refractivity contribution in [1.29, 1.82) is 0 Å². The second-order valence-corrected chi connectivity index (χ2v) is 6.71. The zero-order valence-electron chi connectivity index (χ0n) is 12.0. The third kappa shape index (κ3) is 5.55. The maximum atomic E-state index is 11.7. The zero-order chi connectivity index (χ0) is 16.9. The number of hydrogen-bond donors (Lipinski definition) is 2. The molecule has 0 radical (unpaired) electrons. The van der Waals surface area contributed by atoms with E-state index >= 15 is 0 Å². The fourth-order valence-electron chi connectivity index (χ4n) is 1.73. The molecular weight excluding hydrogens is 340 g/mol. The van der Waals surface area contributed by atoms with Crippen molar-refractivity contribution >= 4 is 27.5 Å². The first-order valence-corrected chi connectivity index (χ1v) is 8.54. The highest BCUT2D eigenvalue weighted by Gasteiger charge is 2.07. The highest BCUT2D eigenvalue weighted by molar-refractivity contribution is 7.89. The van der Waals surface area contributed by atoms with E-state index in [1.165, 1.54) is 12.1 Å². The van der Waals surface area contributed by atoms with E-state index in [1.54, 1.807) is 36.4 Å². The summed E-state index contributed by atoms with van der Waals surface area (Å²) in [5.74, 6) is 0.248. The third-order valence-electron chi connectivity index (χ3n) is 2.93. The lowest BCUT2D eigenvalue weighted by molar-refractivity contribution is -0.123. The van der Waals surface area contributed by atoms with Gasteiger partial charge in [0.05, 0.1) is 4.90 Å². The van der Waals surface area contributed by atoms with Crippen molar-refractivity contribution < 1.29 is 17.9 Å². The fraction of sp³-hybridized carbons (Fsp3) is 0.133. The fourth-order valence-corrected chi connectivity index (χ4v) is 2.37. The molecule has 0 unspecified atom stereocenters. The highest BCUT2D eigenvalue weighted by Crippen LogP contribution is 2.15. The Morgan fingerprint density at radius 1 is 1.09 bits per heavy atom. The van der Waals surface area contributed by atoms with Crippen LogP contribution in [0, 0.1) is 0 Å². The number of benzene rings is 2. The van der Waals surface area contributed by atoms with Gasteiger partial charge in [0.2, 0.25) is 10.0 Å². The Hall–Kier alpha value is -2.09. The predicted octanol–water partition coefficient (Wildman–Crippen LogP) is 1.68. The molecule has 2 aromatic carbocycles. The smallest absolute Gasteiger partial charge is 0.258 e. The normalized spacial score (nSPS) is 11.0. The van der Waals surface area contributed by atoms with E-state index in [4.69, 9.17) is 21.5 Å². The molecule has 122 valence electrons. The molecule has 6 nitrogen and oxygen atoms in total. The second-order valence-electron chi connectivity index (χ2n) is 4.71. The summed E-state index contributed by atoms with van der Waals surface area (Å²) in [6, 6.07) is 12.6.